The number of nitrogens with zero attached hydrogens (tertiary/aromatic N) is 1. The van der Waals surface area contributed by atoms with E-state index in [4.69, 9.17) is 0 Å². The molecule has 1 aromatic rings. The zero-order valence-corrected chi connectivity index (χ0v) is 15.3. The Labute approximate surface area is 140 Å². The van der Waals surface area contributed by atoms with Crippen molar-refractivity contribution in [3.05, 3.63) is 28.8 Å². The van der Waals surface area contributed by atoms with Crippen LogP contribution in [0.2, 0.25) is 0 Å². The molecule has 0 aromatic heterocycles. The second-order valence-electron chi connectivity index (χ2n) is 7.44. The first-order chi connectivity index (χ1) is 10.7. The van der Waals surface area contributed by atoms with Crippen molar-refractivity contribution in [3.8, 4) is 0 Å². The molecule has 0 amide bonds. The summed E-state index contributed by atoms with van der Waals surface area (Å²) in [5.41, 5.74) is 4.92. The zero-order valence-electron chi connectivity index (χ0n) is 14.5. The quantitative estimate of drug-likeness (QED) is 0.730. The molecule has 0 spiro atoms. The van der Waals surface area contributed by atoms with E-state index >= 15 is 0 Å². The number of aryl methyl sites for hydroxylation is 2. The molecule has 1 nitrogen and oxygen atoms in total. The van der Waals surface area contributed by atoms with Crippen LogP contribution >= 0.6 is 11.8 Å². The van der Waals surface area contributed by atoms with E-state index in [2.05, 4.69) is 49.6 Å². The number of rotatable bonds is 6. The predicted octanol–water partition coefficient (Wildman–Crippen LogP) is 4.95. The molecule has 0 N–H and O–H groups in total. The minimum Gasteiger partial charge on any atom is -0.300 e. The van der Waals surface area contributed by atoms with E-state index in [0.29, 0.717) is 0 Å². The van der Waals surface area contributed by atoms with Gasteiger partial charge in [-0.05, 0) is 80.3 Å². The number of thioether (sulfide) groups is 1. The van der Waals surface area contributed by atoms with Crippen LogP contribution in [0, 0.1) is 5.92 Å². The predicted molar refractivity (Wildman–Crippen MR) is 98.0 cm³/mol. The average Bonchev–Trinajstić information content (AvgIpc) is 2.95. The Bertz CT molecular complexity index is 509. The van der Waals surface area contributed by atoms with Gasteiger partial charge in [0.05, 0.1) is 0 Å². The van der Waals surface area contributed by atoms with Gasteiger partial charge in [-0.3, -0.25) is 0 Å². The van der Waals surface area contributed by atoms with E-state index in [1.165, 1.54) is 57.4 Å². The van der Waals surface area contributed by atoms with Gasteiger partial charge in [0.1, 0.15) is 0 Å². The lowest BCUT2D eigenvalue weighted by molar-refractivity contribution is 0.170. The maximum Gasteiger partial charge on any atom is 0.0139 e. The second kappa shape index (κ2) is 7.40. The van der Waals surface area contributed by atoms with E-state index in [1.54, 1.807) is 21.6 Å². The molecule has 2 heteroatoms. The monoisotopic (exact) mass is 317 g/mol. The number of benzene rings is 1. The van der Waals surface area contributed by atoms with E-state index in [0.717, 1.165) is 12.0 Å². The molecular formula is C20H31NS. The van der Waals surface area contributed by atoms with Crippen LogP contribution in [0.4, 0.5) is 0 Å². The van der Waals surface area contributed by atoms with Gasteiger partial charge < -0.3 is 4.90 Å². The fourth-order valence-corrected chi connectivity index (χ4v) is 5.03. The summed E-state index contributed by atoms with van der Waals surface area (Å²) >= 11 is 2.06. The Morgan fingerprint density at radius 3 is 2.77 bits per heavy atom. The Morgan fingerprint density at radius 2 is 2.00 bits per heavy atom. The van der Waals surface area contributed by atoms with E-state index in [9.17, 15) is 0 Å². The normalized spacial score (nSPS) is 20.5. The molecule has 0 bridgehead atoms. The summed E-state index contributed by atoms with van der Waals surface area (Å²) in [6.07, 6.45) is 7.83. The van der Waals surface area contributed by atoms with Crippen molar-refractivity contribution in [2.75, 3.05) is 18.8 Å². The van der Waals surface area contributed by atoms with Crippen LogP contribution < -0.4 is 0 Å². The largest absolute Gasteiger partial charge is 0.300 e. The molecule has 122 valence electrons. The SMILES string of the molecule is CCCN(CCC(C)C)[C@H]1CCc2cc3c(cc2C1)SCC3. The highest BCUT2D eigenvalue weighted by atomic mass is 32.2. The van der Waals surface area contributed by atoms with Crippen LogP contribution in [0.3, 0.4) is 0 Å². The second-order valence-corrected chi connectivity index (χ2v) is 8.58. The highest BCUT2D eigenvalue weighted by molar-refractivity contribution is 7.99. The van der Waals surface area contributed by atoms with Gasteiger partial charge in [0.2, 0.25) is 0 Å². The van der Waals surface area contributed by atoms with Gasteiger partial charge in [0.25, 0.3) is 0 Å². The summed E-state index contributed by atoms with van der Waals surface area (Å²) < 4.78 is 0. The Morgan fingerprint density at radius 1 is 1.14 bits per heavy atom. The molecule has 1 aromatic carbocycles. The molecule has 0 fully saturated rings. The van der Waals surface area contributed by atoms with Crippen LogP contribution in [0.1, 0.15) is 56.7 Å². The first-order valence-corrected chi connectivity index (χ1v) is 10.2. The molecule has 2 aliphatic rings. The first kappa shape index (κ1) is 16.4. The fraction of sp³-hybridized carbons (Fsp3) is 0.700. The number of fused-ring (bicyclic) bond motifs is 2. The Kier molecular flexibility index (Phi) is 5.51. The summed E-state index contributed by atoms with van der Waals surface area (Å²) in [4.78, 5) is 4.35. The minimum absolute atomic E-state index is 0.774. The van der Waals surface area contributed by atoms with E-state index in [-0.39, 0.29) is 0 Å². The van der Waals surface area contributed by atoms with Gasteiger partial charge in [0, 0.05) is 16.7 Å². The van der Waals surface area contributed by atoms with Crippen molar-refractivity contribution in [2.45, 2.75) is 70.2 Å². The minimum atomic E-state index is 0.774. The standard InChI is InChI=1S/C20H31NS/c1-4-9-21(10-7-15(2)3)19-6-5-16-12-17-8-11-22-20(17)14-18(16)13-19/h12,14-15,19H,4-11,13H2,1-3H3/t19-/m0/s1. The summed E-state index contributed by atoms with van der Waals surface area (Å²) in [6.45, 7) is 9.57. The molecule has 0 unspecified atom stereocenters. The number of hydrogen-bond acceptors (Lipinski definition) is 2. The lowest BCUT2D eigenvalue weighted by Gasteiger charge is -2.36. The molecule has 1 atom stereocenters. The van der Waals surface area contributed by atoms with Gasteiger partial charge in [0.15, 0.2) is 0 Å². The molecule has 0 saturated heterocycles. The third-order valence-corrected chi connectivity index (χ3v) is 6.33. The lowest BCUT2D eigenvalue weighted by Crippen LogP contribution is -2.40. The molecule has 22 heavy (non-hydrogen) atoms. The van der Waals surface area contributed by atoms with Crippen LogP contribution in [-0.4, -0.2) is 29.8 Å². The van der Waals surface area contributed by atoms with Crippen molar-refractivity contribution >= 4 is 11.8 Å². The van der Waals surface area contributed by atoms with Crippen molar-refractivity contribution in [1.82, 2.24) is 4.90 Å². The average molecular weight is 318 g/mol. The zero-order chi connectivity index (χ0) is 15.5. The van der Waals surface area contributed by atoms with Crippen molar-refractivity contribution in [3.63, 3.8) is 0 Å². The highest BCUT2D eigenvalue weighted by Crippen LogP contribution is 2.36. The molecule has 1 aliphatic heterocycles. The van der Waals surface area contributed by atoms with Crippen LogP contribution in [-0.2, 0) is 19.3 Å². The summed E-state index contributed by atoms with van der Waals surface area (Å²) in [5, 5.41) is 0. The van der Waals surface area contributed by atoms with Gasteiger partial charge in [-0.1, -0.05) is 26.8 Å². The molecule has 1 heterocycles. The summed E-state index contributed by atoms with van der Waals surface area (Å²) in [7, 11) is 0. The van der Waals surface area contributed by atoms with Gasteiger partial charge in [-0.2, -0.15) is 0 Å². The topological polar surface area (TPSA) is 3.24 Å². The lowest BCUT2D eigenvalue weighted by atomic mass is 9.86. The Hall–Kier alpha value is -0.470. The third kappa shape index (κ3) is 3.71. The highest BCUT2D eigenvalue weighted by Gasteiger charge is 2.25. The van der Waals surface area contributed by atoms with Gasteiger partial charge in [-0.15, -0.1) is 11.8 Å². The van der Waals surface area contributed by atoms with Gasteiger partial charge in [-0.25, -0.2) is 0 Å². The molecule has 1 aliphatic carbocycles. The van der Waals surface area contributed by atoms with Crippen molar-refractivity contribution in [1.29, 1.82) is 0 Å². The van der Waals surface area contributed by atoms with Crippen molar-refractivity contribution in [2.24, 2.45) is 5.92 Å². The van der Waals surface area contributed by atoms with Gasteiger partial charge >= 0.3 is 0 Å². The van der Waals surface area contributed by atoms with Crippen molar-refractivity contribution < 1.29 is 0 Å². The van der Waals surface area contributed by atoms with Crippen LogP contribution in [0.25, 0.3) is 0 Å². The fourth-order valence-electron chi connectivity index (χ4n) is 3.92. The first-order valence-electron chi connectivity index (χ1n) is 9.19. The number of hydrogen-bond donors (Lipinski definition) is 0. The van der Waals surface area contributed by atoms with E-state index < -0.39 is 0 Å². The maximum atomic E-state index is 2.78. The van der Waals surface area contributed by atoms with E-state index in [1.807, 2.05) is 0 Å². The molecule has 0 saturated carbocycles. The van der Waals surface area contributed by atoms with Crippen LogP contribution in [0.5, 0.6) is 0 Å². The molecule has 3 rings (SSSR count). The maximum absolute atomic E-state index is 2.78. The molecule has 0 radical (unpaired) electrons. The summed E-state index contributed by atoms with van der Waals surface area (Å²) in [5.74, 6) is 2.10. The summed E-state index contributed by atoms with van der Waals surface area (Å²) in [6, 6.07) is 5.83. The smallest absolute Gasteiger partial charge is 0.0139 e. The Balaban J connectivity index is 1.71. The third-order valence-electron chi connectivity index (χ3n) is 5.24. The molecular weight excluding hydrogens is 286 g/mol. The van der Waals surface area contributed by atoms with Crippen LogP contribution in [0.15, 0.2) is 17.0 Å².